The van der Waals surface area contributed by atoms with Crippen molar-refractivity contribution in [1.82, 2.24) is 30.4 Å². The number of carbonyl (C=O) groups excluding carboxylic acids is 4. The fraction of sp³-hybridized carbons (Fsp3) is 0.487. The lowest BCUT2D eigenvalue weighted by atomic mass is 9.99. The number of hydrogen-bond acceptors (Lipinski definition) is 9. The molecule has 3 N–H and O–H groups in total. The zero-order chi connectivity index (χ0) is 37.8. The lowest BCUT2D eigenvalue weighted by Gasteiger charge is -2.30. The number of rotatable bonds is 11. The lowest BCUT2D eigenvalue weighted by Crippen LogP contribution is -2.53. The van der Waals surface area contributed by atoms with E-state index in [4.69, 9.17) is 14.5 Å². The number of thiophene rings is 1. The highest BCUT2D eigenvalue weighted by atomic mass is 32.1. The SMILES string of the molecule is COC(=O)NC(C(=O)N1CCC[C@H]1C1=Nc2ccc(/C=C/c3ccc(-c4cnc([C@@H]5CCCN5C(=O)C(NC(=O)OC)C(C)C)[nH]4)s3)cc2C1)C(C)C. The molecular formula is C39H49N7O6S. The first-order valence-corrected chi connectivity index (χ1v) is 19.1. The second-order valence-electron chi connectivity index (χ2n) is 14.5. The third kappa shape index (κ3) is 8.32. The minimum absolute atomic E-state index is 0.0849. The maximum absolute atomic E-state index is 13.6. The number of benzene rings is 1. The maximum Gasteiger partial charge on any atom is 0.407 e. The molecule has 4 atom stereocenters. The van der Waals surface area contributed by atoms with Gasteiger partial charge < -0.3 is 34.9 Å². The van der Waals surface area contributed by atoms with Gasteiger partial charge in [-0.1, -0.05) is 39.8 Å². The Balaban J connectivity index is 1.09. The number of methoxy groups -OCH3 is 2. The van der Waals surface area contributed by atoms with Crippen LogP contribution in [0.4, 0.5) is 15.3 Å². The Hall–Kier alpha value is -4.98. The number of ether oxygens (including phenoxy) is 2. The average Bonchev–Trinajstić information content (AvgIpc) is 3.98. The number of nitrogens with one attached hydrogen (secondary N) is 3. The Morgan fingerprint density at radius 3 is 2.11 bits per heavy atom. The number of H-pyrrole nitrogens is 1. The van der Waals surface area contributed by atoms with Crippen LogP contribution >= 0.6 is 11.3 Å². The van der Waals surface area contributed by atoms with Crippen LogP contribution in [0.5, 0.6) is 0 Å². The molecule has 2 unspecified atom stereocenters. The summed E-state index contributed by atoms with van der Waals surface area (Å²) in [6, 6.07) is 8.77. The molecule has 3 aliphatic heterocycles. The summed E-state index contributed by atoms with van der Waals surface area (Å²) < 4.78 is 9.52. The highest BCUT2D eigenvalue weighted by molar-refractivity contribution is 7.16. The molecule has 0 bridgehead atoms. The van der Waals surface area contributed by atoms with Crippen LogP contribution in [0, 0.1) is 11.8 Å². The van der Waals surface area contributed by atoms with E-state index in [-0.39, 0.29) is 35.7 Å². The van der Waals surface area contributed by atoms with Crippen LogP contribution in [0.2, 0.25) is 0 Å². The van der Waals surface area contributed by atoms with Crippen LogP contribution in [0.25, 0.3) is 22.7 Å². The number of hydrogen-bond donors (Lipinski definition) is 3. The molecule has 2 fully saturated rings. The van der Waals surface area contributed by atoms with Gasteiger partial charge in [0.1, 0.15) is 17.9 Å². The normalized spacial score (nSPS) is 19.4. The molecule has 0 spiro atoms. The number of aromatic amines is 1. The molecule has 13 nitrogen and oxygen atoms in total. The van der Waals surface area contributed by atoms with Crippen molar-refractivity contribution in [2.24, 2.45) is 16.8 Å². The van der Waals surface area contributed by atoms with Crippen LogP contribution in [0.15, 0.2) is 41.5 Å². The second-order valence-corrected chi connectivity index (χ2v) is 15.6. The van der Waals surface area contributed by atoms with Crippen molar-refractivity contribution in [3.8, 4) is 10.6 Å². The molecule has 14 heteroatoms. The summed E-state index contributed by atoms with van der Waals surface area (Å²) in [6.07, 6.45) is 8.83. The minimum atomic E-state index is -0.682. The Morgan fingerprint density at radius 2 is 1.49 bits per heavy atom. The molecule has 0 saturated carbocycles. The van der Waals surface area contributed by atoms with Gasteiger partial charge in [-0.05, 0) is 79.0 Å². The molecule has 0 aliphatic carbocycles. The van der Waals surface area contributed by atoms with E-state index in [9.17, 15) is 19.2 Å². The highest BCUT2D eigenvalue weighted by Crippen LogP contribution is 2.36. The number of nitrogens with zero attached hydrogens (tertiary/aromatic N) is 4. The number of aromatic nitrogens is 2. The standard InChI is InChI=1S/C39H49N7O6S/c1-22(2)33(43-38(49)51-5)36(47)45-17-7-9-30(45)28-20-25-19-24(12-15-27(25)41-28)11-13-26-14-16-32(53-26)29-21-40-35(42-29)31-10-8-18-46(31)37(48)34(23(3)4)44-39(50)52-6/h11-16,19,21-23,30-31,33-34H,7-10,17-18,20H2,1-6H3,(H,40,42)(H,43,49)(H,44,50)/b13-11+/t30-,31-,33?,34?/m0/s1. The number of alkyl carbamates (subject to hydrolysis) is 2. The number of likely N-dealkylation sites (tertiary alicyclic amines) is 2. The van der Waals surface area contributed by atoms with Gasteiger partial charge in [0.05, 0.1) is 48.8 Å². The summed E-state index contributed by atoms with van der Waals surface area (Å²) in [5, 5.41) is 5.41. The van der Waals surface area contributed by atoms with Crippen LogP contribution < -0.4 is 10.6 Å². The van der Waals surface area contributed by atoms with E-state index in [0.717, 1.165) is 69.5 Å². The predicted molar refractivity (Wildman–Crippen MR) is 205 cm³/mol. The van der Waals surface area contributed by atoms with E-state index in [0.29, 0.717) is 19.5 Å². The maximum atomic E-state index is 13.6. The molecule has 0 radical (unpaired) electrons. The summed E-state index contributed by atoms with van der Waals surface area (Å²) in [7, 11) is 2.59. The number of fused-ring (bicyclic) bond motifs is 1. The summed E-state index contributed by atoms with van der Waals surface area (Å²) >= 11 is 1.65. The third-order valence-corrected chi connectivity index (χ3v) is 11.3. The van der Waals surface area contributed by atoms with Crippen LogP contribution in [-0.4, -0.2) is 94.9 Å². The Morgan fingerprint density at radius 1 is 0.868 bits per heavy atom. The topological polar surface area (TPSA) is 158 Å². The number of carbonyl (C=O) groups is 4. The van der Waals surface area contributed by atoms with Gasteiger partial charge in [-0.3, -0.25) is 14.6 Å². The summed E-state index contributed by atoms with van der Waals surface area (Å²) in [6.45, 7) is 8.87. The second kappa shape index (κ2) is 16.4. The zero-order valence-electron chi connectivity index (χ0n) is 31.2. The predicted octanol–water partition coefficient (Wildman–Crippen LogP) is 6.35. The summed E-state index contributed by atoms with van der Waals surface area (Å²) in [5.41, 5.74) is 5.00. The Labute approximate surface area is 314 Å². The Kier molecular flexibility index (Phi) is 11.7. The minimum Gasteiger partial charge on any atom is -0.453 e. The molecule has 5 heterocycles. The number of amides is 4. The van der Waals surface area contributed by atoms with Gasteiger partial charge in [-0.15, -0.1) is 11.3 Å². The van der Waals surface area contributed by atoms with Crippen molar-refractivity contribution >= 4 is 58.9 Å². The summed E-state index contributed by atoms with van der Waals surface area (Å²) in [4.78, 5) is 69.9. The van der Waals surface area contributed by atoms with E-state index in [1.165, 1.54) is 14.2 Å². The van der Waals surface area contributed by atoms with Gasteiger partial charge in [0.2, 0.25) is 11.8 Å². The van der Waals surface area contributed by atoms with Crippen LogP contribution in [0.3, 0.4) is 0 Å². The molecule has 4 amide bonds. The fourth-order valence-corrected chi connectivity index (χ4v) is 8.26. The van der Waals surface area contributed by atoms with Gasteiger partial charge in [-0.2, -0.15) is 0 Å². The zero-order valence-corrected chi connectivity index (χ0v) is 32.0. The molecule has 3 aromatic rings. The van der Waals surface area contributed by atoms with Crippen molar-refractivity contribution in [1.29, 1.82) is 0 Å². The van der Waals surface area contributed by atoms with E-state index in [1.54, 1.807) is 11.3 Å². The highest BCUT2D eigenvalue weighted by Gasteiger charge is 2.39. The lowest BCUT2D eigenvalue weighted by molar-refractivity contribution is -0.135. The fourth-order valence-electron chi connectivity index (χ4n) is 7.39. The van der Waals surface area contributed by atoms with Crippen LogP contribution in [0.1, 0.15) is 81.2 Å². The first-order valence-electron chi connectivity index (χ1n) is 18.3. The first kappa shape index (κ1) is 37.8. The number of imidazole rings is 1. The molecule has 2 aromatic heterocycles. The molecule has 2 saturated heterocycles. The third-order valence-electron chi connectivity index (χ3n) is 10.2. The monoisotopic (exact) mass is 743 g/mol. The smallest absolute Gasteiger partial charge is 0.407 e. The van der Waals surface area contributed by atoms with Gasteiger partial charge >= 0.3 is 12.2 Å². The van der Waals surface area contributed by atoms with E-state index < -0.39 is 24.3 Å². The van der Waals surface area contributed by atoms with Crippen molar-refractivity contribution in [3.05, 3.63) is 58.4 Å². The molecule has 53 heavy (non-hydrogen) atoms. The molecule has 1 aromatic carbocycles. The van der Waals surface area contributed by atoms with Crippen molar-refractivity contribution in [2.75, 3.05) is 27.3 Å². The van der Waals surface area contributed by atoms with E-state index in [1.807, 2.05) is 49.8 Å². The molecule has 6 rings (SSSR count). The van der Waals surface area contributed by atoms with E-state index in [2.05, 4.69) is 57.0 Å². The van der Waals surface area contributed by atoms with Gasteiger partial charge in [0.15, 0.2) is 0 Å². The Bertz CT molecular complexity index is 1900. The molecular weight excluding hydrogens is 695 g/mol. The van der Waals surface area contributed by atoms with Gasteiger partial charge in [0.25, 0.3) is 0 Å². The summed E-state index contributed by atoms with van der Waals surface area (Å²) in [5.74, 6) is 0.316. The first-order chi connectivity index (χ1) is 25.5. The van der Waals surface area contributed by atoms with Crippen LogP contribution in [-0.2, 0) is 25.5 Å². The number of aliphatic imine (C=N–C) groups is 1. The largest absolute Gasteiger partial charge is 0.453 e. The van der Waals surface area contributed by atoms with E-state index >= 15 is 0 Å². The van der Waals surface area contributed by atoms with Gasteiger partial charge in [-0.25, -0.2) is 14.6 Å². The average molecular weight is 744 g/mol. The molecule has 3 aliphatic rings. The van der Waals surface area contributed by atoms with Crippen molar-refractivity contribution in [2.45, 2.75) is 84.0 Å². The van der Waals surface area contributed by atoms with Gasteiger partial charge in [0, 0.05) is 30.1 Å². The van der Waals surface area contributed by atoms with Crippen molar-refractivity contribution < 1.29 is 28.7 Å². The van der Waals surface area contributed by atoms with Crippen molar-refractivity contribution in [3.63, 3.8) is 0 Å². The molecule has 282 valence electrons. The quantitative estimate of drug-likeness (QED) is 0.206.